The van der Waals surface area contributed by atoms with Crippen molar-refractivity contribution in [1.29, 1.82) is 5.26 Å². The summed E-state index contributed by atoms with van der Waals surface area (Å²) in [6, 6.07) is 3.73. The van der Waals surface area contributed by atoms with Gasteiger partial charge in [0.05, 0.1) is 11.1 Å². The molecule has 0 spiro atoms. The molecule has 17 heavy (non-hydrogen) atoms. The van der Waals surface area contributed by atoms with Crippen LogP contribution in [-0.2, 0) is 6.54 Å². The molecule has 5 heteroatoms. The molecule has 2 rings (SSSR count). The Labute approximate surface area is 98.7 Å². The number of nitriles is 1. The van der Waals surface area contributed by atoms with Gasteiger partial charge in [-0.2, -0.15) is 5.26 Å². The van der Waals surface area contributed by atoms with Crippen LogP contribution in [0.2, 0.25) is 0 Å². The van der Waals surface area contributed by atoms with E-state index in [1.165, 1.54) is 6.20 Å². The predicted octanol–water partition coefficient (Wildman–Crippen LogP) is 1.79. The third kappa shape index (κ3) is 2.21. The molecule has 5 nitrogen and oxygen atoms in total. The first-order valence-corrected chi connectivity index (χ1v) is 5.75. The van der Waals surface area contributed by atoms with Crippen molar-refractivity contribution < 1.29 is 0 Å². The zero-order valence-corrected chi connectivity index (χ0v) is 9.73. The molecule has 1 N–H and O–H groups in total. The van der Waals surface area contributed by atoms with Crippen molar-refractivity contribution in [1.82, 2.24) is 14.5 Å². The molecule has 0 aromatic carbocycles. The Kier molecular flexibility index (Phi) is 3.24. The van der Waals surface area contributed by atoms with Gasteiger partial charge in [0.2, 0.25) is 0 Å². The molecule has 0 amide bonds. The van der Waals surface area contributed by atoms with Crippen LogP contribution in [0.4, 0.5) is 0 Å². The number of imidazole rings is 1. The van der Waals surface area contributed by atoms with Crippen molar-refractivity contribution in [2.45, 2.75) is 32.7 Å². The molecule has 0 fully saturated rings. The normalized spacial score (nSPS) is 10.6. The third-order valence-electron chi connectivity index (χ3n) is 2.74. The number of aromatic nitrogens is 3. The van der Waals surface area contributed by atoms with Crippen LogP contribution in [0.1, 0.15) is 31.7 Å². The van der Waals surface area contributed by atoms with Gasteiger partial charge >= 0.3 is 5.69 Å². The molecule has 2 aromatic rings. The minimum Gasteiger partial charge on any atom is -0.290 e. The molecular weight excluding hydrogens is 216 g/mol. The molecule has 0 aliphatic rings. The van der Waals surface area contributed by atoms with E-state index in [4.69, 9.17) is 5.26 Å². The van der Waals surface area contributed by atoms with Crippen molar-refractivity contribution in [2.24, 2.45) is 0 Å². The van der Waals surface area contributed by atoms with Crippen LogP contribution in [0.25, 0.3) is 11.2 Å². The lowest BCUT2D eigenvalue weighted by Crippen LogP contribution is -2.16. The van der Waals surface area contributed by atoms with E-state index in [0.717, 1.165) is 19.3 Å². The molecular formula is C12H14N4O. The van der Waals surface area contributed by atoms with Crippen LogP contribution in [0.15, 0.2) is 17.1 Å². The molecule has 0 saturated carbocycles. The number of fused-ring (bicyclic) bond motifs is 1. The van der Waals surface area contributed by atoms with Crippen LogP contribution in [0, 0.1) is 11.3 Å². The van der Waals surface area contributed by atoms with E-state index in [0.29, 0.717) is 23.3 Å². The highest BCUT2D eigenvalue weighted by Crippen LogP contribution is 2.10. The summed E-state index contributed by atoms with van der Waals surface area (Å²) in [5, 5.41) is 8.82. The summed E-state index contributed by atoms with van der Waals surface area (Å²) in [6.45, 7) is 2.79. The first-order valence-electron chi connectivity index (χ1n) is 5.75. The van der Waals surface area contributed by atoms with Gasteiger partial charge in [-0.15, -0.1) is 0 Å². The molecule has 0 saturated heterocycles. The summed E-state index contributed by atoms with van der Waals surface area (Å²) >= 11 is 0. The van der Waals surface area contributed by atoms with E-state index in [-0.39, 0.29) is 5.69 Å². The lowest BCUT2D eigenvalue weighted by molar-refractivity contribution is 0.600. The number of rotatable bonds is 4. The molecule has 2 aromatic heterocycles. The summed E-state index contributed by atoms with van der Waals surface area (Å²) in [5.41, 5.74) is 1.58. The second-order valence-corrected chi connectivity index (χ2v) is 3.99. The lowest BCUT2D eigenvalue weighted by Gasteiger charge is -2.01. The van der Waals surface area contributed by atoms with Crippen molar-refractivity contribution >= 4 is 11.2 Å². The van der Waals surface area contributed by atoms with E-state index >= 15 is 0 Å². The minimum absolute atomic E-state index is 0.154. The minimum atomic E-state index is -0.154. The smallest absolute Gasteiger partial charge is 0.290 e. The van der Waals surface area contributed by atoms with E-state index in [2.05, 4.69) is 16.9 Å². The number of nitrogens with one attached hydrogen (secondary N) is 1. The Morgan fingerprint density at radius 3 is 3.06 bits per heavy atom. The lowest BCUT2D eigenvalue weighted by atomic mass is 10.2. The second kappa shape index (κ2) is 4.83. The first-order chi connectivity index (χ1) is 8.26. The van der Waals surface area contributed by atoms with Crippen molar-refractivity contribution in [3.8, 4) is 6.07 Å². The van der Waals surface area contributed by atoms with Gasteiger partial charge < -0.3 is 0 Å². The Morgan fingerprint density at radius 2 is 2.35 bits per heavy atom. The fourth-order valence-corrected chi connectivity index (χ4v) is 1.84. The molecule has 0 aliphatic heterocycles. The van der Waals surface area contributed by atoms with Gasteiger partial charge in [0.1, 0.15) is 6.07 Å². The summed E-state index contributed by atoms with van der Waals surface area (Å²) in [6.07, 6.45) is 4.62. The molecule has 88 valence electrons. The van der Waals surface area contributed by atoms with E-state index in [1.807, 2.05) is 6.07 Å². The fraction of sp³-hybridized carbons (Fsp3) is 0.417. The Bertz CT molecular complexity index is 617. The number of aryl methyl sites for hydroxylation is 1. The van der Waals surface area contributed by atoms with E-state index < -0.39 is 0 Å². The molecule has 0 aliphatic carbocycles. The number of pyridine rings is 1. The molecule has 0 bridgehead atoms. The maximum absolute atomic E-state index is 11.7. The van der Waals surface area contributed by atoms with Gasteiger partial charge in [-0.05, 0) is 12.5 Å². The first kappa shape index (κ1) is 11.4. The van der Waals surface area contributed by atoms with Gasteiger partial charge in [-0.25, -0.2) is 9.78 Å². The molecule has 0 atom stereocenters. The Balaban J connectivity index is 2.42. The average Bonchev–Trinajstić information content (AvgIpc) is 2.65. The van der Waals surface area contributed by atoms with Crippen molar-refractivity contribution in [3.63, 3.8) is 0 Å². The van der Waals surface area contributed by atoms with Crippen LogP contribution in [0.5, 0.6) is 0 Å². The Hall–Kier alpha value is -2.09. The third-order valence-corrected chi connectivity index (χ3v) is 2.74. The van der Waals surface area contributed by atoms with Crippen LogP contribution in [-0.4, -0.2) is 14.5 Å². The zero-order chi connectivity index (χ0) is 12.3. The van der Waals surface area contributed by atoms with Crippen LogP contribution >= 0.6 is 0 Å². The predicted molar refractivity (Wildman–Crippen MR) is 64.6 cm³/mol. The maximum atomic E-state index is 11.7. The van der Waals surface area contributed by atoms with Gasteiger partial charge in [-0.3, -0.25) is 9.55 Å². The van der Waals surface area contributed by atoms with Crippen LogP contribution in [0.3, 0.4) is 0 Å². The zero-order valence-electron chi connectivity index (χ0n) is 9.73. The van der Waals surface area contributed by atoms with E-state index in [1.54, 1.807) is 10.6 Å². The number of hydrogen-bond acceptors (Lipinski definition) is 3. The quantitative estimate of drug-likeness (QED) is 0.813. The van der Waals surface area contributed by atoms with Gasteiger partial charge in [0, 0.05) is 12.7 Å². The highest BCUT2D eigenvalue weighted by atomic mass is 16.1. The highest BCUT2D eigenvalue weighted by Gasteiger charge is 2.07. The maximum Gasteiger partial charge on any atom is 0.327 e. The van der Waals surface area contributed by atoms with Gasteiger partial charge in [-0.1, -0.05) is 19.8 Å². The summed E-state index contributed by atoms with van der Waals surface area (Å²) in [7, 11) is 0. The molecule has 2 heterocycles. The van der Waals surface area contributed by atoms with Crippen molar-refractivity contribution in [2.75, 3.05) is 0 Å². The number of aromatic amines is 1. The summed E-state index contributed by atoms with van der Waals surface area (Å²) in [5.74, 6) is 0. The molecule has 0 radical (unpaired) electrons. The van der Waals surface area contributed by atoms with Crippen LogP contribution < -0.4 is 5.69 Å². The fourth-order valence-electron chi connectivity index (χ4n) is 1.84. The van der Waals surface area contributed by atoms with E-state index in [9.17, 15) is 4.79 Å². The van der Waals surface area contributed by atoms with Gasteiger partial charge in [0.25, 0.3) is 0 Å². The van der Waals surface area contributed by atoms with Gasteiger partial charge in [0.15, 0.2) is 5.65 Å². The standard InChI is InChI=1S/C12H14N4O/c1-2-3-4-5-16-10-6-9(7-13)8-14-11(10)15-12(16)17/h6,8H,2-5H2,1H3,(H,14,15,17). The monoisotopic (exact) mass is 230 g/mol. The topological polar surface area (TPSA) is 74.5 Å². The number of hydrogen-bond donors (Lipinski definition) is 1. The van der Waals surface area contributed by atoms with Crippen molar-refractivity contribution in [3.05, 3.63) is 28.3 Å². The average molecular weight is 230 g/mol. The Morgan fingerprint density at radius 1 is 1.53 bits per heavy atom. The molecule has 0 unspecified atom stereocenters. The number of nitrogens with zero attached hydrogens (tertiary/aromatic N) is 3. The number of H-pyrrole nitrogens is 1. The number of unbranched alkanes of at least 4 members (excludes halogenated alkanes) is 2. The second-order valence-electron chi connectivity index (χ2n) is 3.99. The largest absolute Gasteiger partial charge is 0.327 e. The highest BCUT2D eigenvalue weighted by molar-refractivity contribution is 5.72. The SMILES string of the molecule is CCCCCn1c(=O)[nH]c2ncc(C#N)cc21. The summed E-state index contributed by atoms with van der Waals surface area (Å²) in [4.78, 5) is 18.5. The summed E-state index contributed by atoms with van der Waals surface area (Å²) < 4.78 is 1.65.